The second-order valence-corrected chi connectivity index (χ2v) is 5.38. The predicted octanol–water partition coefficient (Wildman–Crippen LogP) is 3.43. The average molecular weight is 258 g/mol. The van der Waals surface area contributed by atoms with Crippen molar-refractivity contribution in [3.05, 3.63) is 29.8 Å². The first-order chi connectivity index (χ1) is 9.20. The molecule has 0 heterocycles. The molecule has 0 aromatic heterocycles. The third-order valence-electron chi connectivity index (χ3n) is 4.05. The summed E-state index contributed by atoms with van der Waals surface area (Å²) in [5.41, 5.74) is 1.26. The minimum Gasteiger partial charge on any atom is -0.479 e. The number of rotatable bonds is 6. The Bertz CT molecular complexity index is 431. The molecule has 3 nitrogen and oxygen atoms in total. The van der Waals surface area contributed by atoms with E-state index >= 15 is 0 Å². The molecule has 1 fully saturated rings. The first-order valence-electron chi connectivity index (χ1n) is 7.06. The van der Waals surface area contributed by atoms with E-state index in [1.807, 2.05) is 18.2 Å². The van der Waals surface area contributed by atoms with Gasteiger partial charge in [-0.25, -0.2) is 0 Å². The van der Waals surface area contributed by atoms with Gasteiger partial charge < -0.3 is 10.1 Å². The average Bonchev–Trinajstić information content (AvgIpc) is 2.34. The third kappa shape index (κ3) is 3.71. The van der Waals surface area contributed by atoms with Crippen molar-refractivity contribution in [2.75, 3.05) is 6.61 Å². The Balaban J connectivity index is 1.87. The number of nitriles is 1. The largest absolute Gasteiger partial charge is 0.479 e. The second-order valence-electron chi connectivity index (χ2n) is 5.38. The van der Waals surface area contributed by atoms with Crippen LogP contribution in [0, 0.1) is 17.2 Å². The van der Waals surface area contributed by atoms with E-state index in [1.165, 1.54) is 24.8 Å². The Kier molecular flexibility index (Phi) is 4.81. The molecule has 2 atom stereocenters. The van der Waals surface area contributed by atoms with Crippen LogP contribution < -0.4 is 10.1 Å². The van der Waals surface area contributed by atoms with Gasteiger partial charge >= 0.3 is 0 Å². The summed E-state index contributed by atoms with van der Waals surface area (Å²) >= 11 is 0. The lowest BCUT2D eigenvalue weighted by Crippen LogP contribution is -2.38. The lowest BCUT2D eigenvalue weighted by atomic mass is 9.80. The van der Waals surface area contributed by atoms with E-state index < -0.39 is 0 Å². The molecule has 3 heteroatoms. The molecule has 0 amide bonds. The van der Waals surface area contributed by atoms with Crippen molar-refractivity contribution in [1.82, 2.24) is 5.32 Å². The maximum atomic E-state index is 8.47. The van der Waals surface area contributed by atoms with E-state index in [1.54, 1.807) is 0 Å². The topological polar surface area (TPSA) is 45.0 Å². The van der Waals surface area contributed by atoms with Gasteiger partial charge in [-0.05, 0) is 50.3 Å². The summed E-state index contributed by atoms with van der Waals surface area (Å²) < 4.78 is 5.25. The van der Waals surface area contributed by atoms with Gasteiger partial charge in [0.25, 0.3) is 0 Å². The number of hydrogen-bond donors (Lipinski definition) is 1. The van der Waals surface area contributed by atoms with Crippen molar-refractivity contribution < 1.29 is 4.74 Å². The number of nitrogens with one attached hydrogen (secondary N) is 1. The maximum Gasteiger partial charge on any atom is 0.174 e. The van der Waals surface area contributed by atoms with Crippen LogP contribution in [0.1, 0.15) is 44.7 Å². The number of hydrogen-bond acceptors (Lipinski definition) is 3. The van der Waals surface area contributed by atoms with Crippen molar-refractivity contribution in [2.45, 2.75) is 45.2 Å². The van der Waals surface area contributed by atoms with Gasteiger partial charge in [0.15, 0.2) is 6.61 Å². The molecule has 102 valence electrons. The van der Waals surface area contributed by atoms with Crippen molar-refractivity contribution in [2.24, 2.45) is 5.92 Å². The predicted molar refractivity (Wildman–Crippen MR) is 75.9 cm³/mol. The maximum absolute atomic E-state index is 8.47. The first-order valence-corrected chi connectivity index (χ1v) is 7.06. The van der Waals surface area contributed by atoms with Crippen molar-refractivity contribution >= 4 is 0 Å². The highest BCUT2D eigenvalue weighted by Gasteiger charge is 2.24. The van der Waals surface area contributed by atoms with Gasteiger partial charge in [-0.3, -0.25) is 0 Å². The molecule has 1 N–H and O–H groups in total. The SMILES string of the molecule is CC(NC(C)C1CCC1)c1ccc(OCC#N)cc1. The van der Waals surface area contributed by atoms with E-state index in [0.29, 0.717) is 12.1 Å². The molecular formula is C16H22N2O. The van der Waals surface area contributed by atoms with Crippen LogP contribution in [-0.2, 0) is 0 Å². The zero-order valence-electron chi connectivity index (χ0n) is 11.7. The highest BCUT2D eigenvalue weighted by Crippen LogP contribution is 2.30. The van der Waals surface area contributed by atoms with Crippen molar-refractivity contribution in [3.8, 4) is 11.8 Å². The van der Waals surface area contributed by atoms with Crippen LogP contribution in [0.25, 0.3) is 0 Å². The fourth-order valence-corrected chi connectivity index (χ4v) is 2.53. The van der Waals surface area contributed by atoms with Crippen LogP contribution in [0.4, 0.5) is 0 Å². The number of benzene rings is 1. The van der Waals surface area contributed by atoms with E-state index in [2.05, 4.69) is 31.3 Å². The minimum absolute atomic E-state index is 0.103. The Labute approximate surface area is 115 Å². The van der Waals surface area contributed by atoms with Crippen LogP contribution in [0.5, 0.6) is 5.75 Å². The molecule has 1 aliphatic rings. The summed E-state index contributed by atoms with van der Waals surface area (Å²) in [5.74, 6) is 1.60. The normalized spacial score (nSPS) is 18.2. The van der Waals surface area contributed by atoms with Gasteiger partial charge in [0.1, 0.15) is 11.8 Å². The van der Waals surface area contributed by atoms with Crippen molar-refractivity contribution in [3.63, 3.8) is 0 Å². The van der Waals surface area contributed by atoms with Crippen molar-refractivity contribution in [1.29, 1.82) is 5.26 Å². The monoisotopic (exact) mass is 258 g/mol. The Hall–Kier alpha value is -1.53. The smallest absolute Gasteiger partial charge is 0.174 e. The molecule has 0 bridgehead atoms. The highest BCUT2D eigenvalue weighted by atomic mass is 16.5. The molecule has 0 saturated heterocycles. The summed E-state index contributed by atoms with van der Waals surface area (Å²) in [7, 11) is 0. The summed E-state index contributed by atoms with van der Waals surface area (Å²) in [5, 5.41) is 12.1. The van der Waals surface area contributed by atoms with E-state index in [9.17, 15) is 0 Å². The lowest BCUT2D eigenvalue weighted by Gasteiger charge is -2.34. The summed E-state index contributed by atoms with van der Waals surface area (Å²) in [4.78, 5) is 0. The van der Waals surface area contributed by atoms with Gasteiger partial charge in [-0.1, -0.05) is 18.6 Å². The summed E-state index contributed by atoms with van der Waals surface area (Å²) in [6.45, 7) is 4.58. The Morgan fingerprint density at radius 1 is 1.32 bits per heavy atom. The quantitative estimate of drug-likeness (QED) is 0.850. The lowest BCUT2D eigenvalue weighted by molar-refractivity contribution is 0.229. The zero-order valence-corrected chi connectivity index (χ0v) is 11.7. The van der Waals surface area contributed by atoms with Crippen LogP contribution in [-0.4, -0.2) is 12.6 Å². The molecule has 0 spiro atoms. The van der Waals surface area contributed by atoms with E-state index in [-0.39, 0.29) is 6.61 Å². The first kappa shape index (κ1) is 13.9. The van der Waals surface area contributed by atoms with Gasteiger partial charge in [0.05, 0.1) is 0 Å². The molecular weight excluding hydrogens is 236 g/mol. The van der Waals surface area contributed by atoms with Crippen LogP contribution >= 0.6 is 0 Å². The number of nitrogens with zero attached hydrogens (tertiary/aromatic N) is 1. The molecule has 1 saturated carbocycles. The highest BCUT2D eigenvalue weighted by molar-refractivity contribution is 5.29. The standard InChI is InChI=1S/C16H22N2O/c1-12(14-4-3-5-14)18-13(2)15-6-8-16(9-7-15)19-11-10-17/h6-9,12-14,18H,3-5,11H2,1-2H3. The van der Waals surface area contributed by atoms with E-state index in [0.717, 1.165) is 11.7 Å². The van der Waals surface area contributed by atoms with Crippen LogP contribution in [0.3, 0.4) is 0 Å². The fraction of sp³-hybridized carbons (Fsp3) is 0.562. The van der Waals surface area contributed by atoms with Gasteiger partial charge in [-0.2, -0.15) is 5.26 Å². The van der Waals surface area contributed by atoms with Gasteiger partial charge in [0.2, 0.25) is 0 Å². The Morgan fingerprint density at radius 3 is 2.53 bits per heavy atom. The fourth-order valence-electron chi connectivity index (χ4n) is 2.53. The molecule has 1 aromatic rings. The van der Waals surface area contributed by atoms with Gasteiger partial charge in [-0.15, -0.1) is 0 Å². The minimum atomic E-state index is 0.103. The van der Waals surface area contributed by atoms with Crippen LogP contribution in [0.15, 0.2) is 24.3 Å². The number of ether oxygens (including phenoxy) is 1. The second kappa shape index (κ2) is 6.58. The summed E-state index contributed by atoms with van der Waals surface area (Å²) in [6.07, 6.45) is 4.11. The van der Waals surface area contributed by atoms with Gasteiger partial charge in [0, 0.05) is 12.1 Å². The van der Waals surface area contributed by atoms with E-state index in [4.69, 9.17) is 10.00 Å². The molecule has 2 unspecified atom stereocenters. The molecule has 1 aromatic carbocycles. The molecule has 19 heavy (non-hydrogen) atoms. The summed E-state index contributed by atoms with van der Waals surface area (Å²) in [6, 6.07) is 10.9. The van der Waals surface area contributed by atoms with Crippen LogP contribution in [0.2, 0.25) is 0 Å². The molecule has 0 radical (unpaired) electrons. The molecule has 1 aliphatic carbocycles. The third-order valence-corrected chi connectivity index (χ3v) is 4.05. The Morgan fingerprint density at radius 2 is 2.00 bits per heavy atom. The zero-order chi connectivity index (χ0) is 13.7. The molecule has 0 aliphatic heterocycles. The molecule has 2 rings (SSSR count).